The Balaban J connectivity index is 1.35. The van der Waals surface area contributed by atoms with Crippen molar-refractivity contribution >= 4 is 80.2 Å². The molecule has 44 heavy (non-hydrogen) atoms. The summed E-state index contributed by atoms with van der Waals surface area (Å²) in [6.45, 7) is 3.02. The monoisotopic (exact) mass is 662 g/mol. The number of nitrogens with zero attached hydrogens (tertiary/aromatic N) is 5. The standard InChI is InChI=1S/C26H27ClN8O7S2/c1-12(24(38)39)42-32-17(16-20(27)44-26(28)31-16)21(36)30-18-22(37)35-19(25(40)41)14(11-43-23(18)35)10-33-6-4-15-13(9-33)3-7-34(15)8-5-29-2/h3-4,6-7,9,12,18,23,29H,5,8,10-11H2,1-2H3,(H4-,28,30,31,36,38,39,40,41)/b32-17-/t12-,18+,23?/m0/s1. The number of rotatable bonds is 12. The van der Waals surface area contributed by atoms with E-state index < -0.39 is 47.0 Å². The van der Waals surface area contributed by atoms with Gasteiger partial charge < -0.3 is 40.8 Å². The number of carbonyl (C=O) groups is 4. The van der Waals surface area contributed by atoms with Crippen LogP contribution in [0.5, 0.6) is 0 Å². The molecule has 1 unspecified atom stereocenters. The summed E-state index contributed by atoms with van der Waals surface area (Å²) in [4.78, 5) is 60.0. The van der Waals surface area contributed by atoms with Gasteiger partial charge in [-0.2, -0.15) is 0 Å². The molecule has 18 heteroatoms. The zero-order valence-electron chi connectivity index (χ0n) is 23.4. The van der Waals surface area contributed by atoms with E-state index in [4.69, 9.17) is 27.3 Å². The molecule has 15 nitrogen and oxygen atoms in total. The molecule has 0 bridgehead atoms. The van der Waals surface area contributed by atoms with Crippen LogP contribution in [0.4, 0.5) is 5.13 Å². The molecule has 0 aliphatic carbocycles. The van der Waals surface area contributed by atoms with E-state index in [1.807, 2.05) is 42.3 Å². The van der Waals surface area contributed by atoms with Crippen molar-refractivity contribution in [1.29, 1.82) is 0 Å². The number of carbonyl (C=O) groups excluding carboxylic acids is 3. The van der Waals surface area contributed by atoms with Gasteiger partial charge in [0.15, 0.2) is 29.8 Å². The van der Waals surface area contributed by atoms with Crippen molar-refractivity contribution in [3.8, 4) is 0 Å². The molecule has 2 aliphatic rings. The molecule has 232 valence electrons. The van der Waals surface area contributed by atoms with Crippen LogP contribution in [0.1, 0.15) is 12.6 Å². The maximum absolute atomic E-state index is 13.3. The summed E-state index contributed by atoms with van der Waals surface area (Å²) in [6.07, 6.45) is 4.33. The molecule has 0 spiro atoms. The van der Waals surface area contributed by atoms with Crippen molar-refractivity contribution < 1.29 is 38.8 Å². The highest BCUT2D eigenvalue weighted by Gasteiger charge is 2.53. The fraction of sp³-hybridized carbons (Fsp3) is 0.346. The van der Waals surface area contributed by atoms with Gasteiger partial charge in [0, 0.05) is 36.7 Å². The Morgan fingerprint density at radius 2 is 2.16 bits per heavy atom. The van der Waals surface area contributed by atoms with Gasteiger partial charge in [-0.15, -0.1) is 11.8 Å². The first-order valence-electron chi connectivity index (χ1n) is 13.2. The second-order valence-corrected chi connectivity index (χ2v) is 12.6. The SMILES string of the molecule is CNCCn1ccc2c[n+](CC3=C(C(=O)[O-])N4C(=O)[C@@H](NC(=O)/C(=N\O[C@@H](C)C(=O)O)c5nc(N)sc5Cl)C4SC3)ccc21. The summed E-state index contributed by atoms with van der Waals surface area (Å²) >= 11 is 8.29. The van der Waals surface area contributed by atoms with Crippen LogP contribution in [-0.4, -0.2) is 85.9 Å². The Hall–Kier alpha value is -4.19. The molecular formula is C26H27ClN8O7S2. The second-order valence-electron chi connectivity index (χ2n) is 9.87. The molecule has 1 saturated heterocycles. The van der Waals surface area contributed by atoms with Gasteiger partial charge in [0.25, 0.3) is 11.8 Å². The zero-order chi connectivity index (χ0) is 31.7. The van der Waals surface area contributed by atoms with Crippen LogP contribution < -0.4 is 26.0 Å². The van der Waals surface area contributed by atoms with Crippen molar-refractivity contribution in [2.45, 2.75) is 37.5 Å². The molecule has 3 aromatic rings. The number of likely N-dealkylation sites (N-methyl/N-ethyl adjacent to an activating group) is 1. The van der Waals surface area contributed by atoms with Crippen LogP contribution in [-0.2, 0) is 37.1 Å². The lowest BCUT2D eigenvalue weighted by atomic mass is 10.0. The number of β-lactam (4-membered cyclic amide) rings is 1. The van der Waals surface area contributed by atoms with Crippen LogP contribution in [0.2, 0.25) is 4.34 Å². The van der Waals surface area contributed by atoms with Crippen molar-refractivity contribution in [3.63, 3.8) is 0 Å². The van der Waals surface area contributed by atoms with Crippen molar-refractivity contribution in [2.24, 2.45) is 5.16 Å². The minimum Gasteiger partial charge on any atom is -0.543 e. The number of carboxylic acid groups (broad SMARTS) is 2. The molecule has 0 aromatic carbocycles. The normalized spacial score (nSPS) is 19.0. The number of thioether (sulfide) groups is 1. The number of anilines is 1. The van der Waals surface area contributed by atoms with Crippen molar-refractivity contribution in [2.75, 3.05) is 25.1 Å². The molecular weight excluding hydrogens is 636 g/mol. The predicted octanol–water partition coefficient (Wildman–Crippen LogP) is -0.862. The number of aromatic nitrogens is 3. The van der Waals surface area contributed by atoms with E-state index in [1.165, 1.54) is 18.7 Å². The summed E-state index contributed by atoms with van der Waals surface area (Å²) in [5, 5.41) is 30.9. The van der Waals surface area contributed by atoms with E-state index in [2.05, 4.69) is 25.3 Å². The molecule has 1 fully saturated rings. The fourth-order valence-electron chi connectivity index (χ4n) is 4.77. The lowest BCUT2D eigenvalue weighted by Crippen LogP contribution is -2.71. The minimum atomic E-state index is -1.51. The molecule has 0 radical (unpaired) electrons. The van der Waals surface area contributed by atoms with E-state index in [-0.39, 0.29) is 33.2 Å². The number of nitrogen functional groups attached to an aromatic ring is 1. The Labute approximate surface area is 263 Å². The first kappa shape index (κ1) is 31.2. The molecule has 5 rings (SSSR count). The maximum Gasteiger partial charge on any atom is 0.347 e. The highest BCUT2D eigenvalue weighted by molar-refractivity contribution is 8.00. The van der Waals surface area contributed by atoms with E-state index in [1.54, 1.807) is 0 Å². The first-order chi connectivity index (χ1) is 21.0. The van der Waals surface area contributed by atoms with Crippen LogP contribution >= 0.6 is 34.7 Å². The number of thiazole rings is 1. The summed E-state index contributed by atoms with van der Waals surface area (Å²) < 4.78 is 3.95. The number of oxime groups is 1. The van der Waals surface area contributed by atoms with Crippen molar-refractivity contribution in [1.82, 2.24) is 25.1 Å². The van der Waals surface area contributed by atoms with Gasteiger partial charge in [0.2, 0.25) is 6.10 Å². The smallest absolute Gasteiger partial charge is 0.347 e. The third-order valence-corrected chi connectivity index (χ3v) is 9.39. The molecule has 0 saturated carbocycles. The van der Waals surface area contributed by atoms with E-state index in [9.17, 15) is 24.3 Å². The number of aliphatic carboxylic acids is 2. The van der Waals surface area contributed by atoms with Crippen molar-refractivity contribution in [3.05, 3.63) is 52.0 Å². The number of hydrogen-bond acceptors (Lipinski definition) is 12. The lowest BCUT2D eigenvalue weighted by Gasteiger charge is -2.50. The minimum absolute atomic E-state index is 0.00591. The number of pyridine rings is 1. The average molecular weight is 663 g/mol. The first-order valence-corrected chi connectivity index (χ1v) is 15.4. The Kier molecular flexibility index (Phi) is 9.10. The van der Waals surface area contributed by atoms with Crippen LogP contribution in [0.25, 0.3) is 10.9 Å². The third-order valence-electron chi connectivity index (χ3n) is 6.96. The number of nitrogens with two attached hydrogens (primary N) is 1. The van der Waals surface area contributed by atoms with Gasteiger partial charge in [-0.3, -0.25) is 14.5 Å². The number of hydrogen-bond donors (Lipinski definition) is 4. The fourth-order valence-corrected chi connectivity index (χ4v) is 7.04. The van der Waals surface area contributed by atoms with Gasteiger partial charge in [-0.1, -0.05) is 28.1 Å². The Bertz CT molecular complexity index is 1720. The molecule has 3 atom stereocenters. The van der Waals surface area contributed by atoms with Crippen LogP contribution in [0, 0.1) is 0 Å². The average Bonchev–Trinajstić information content (AvgIpc) is 3.55. The summed E-state index contributed by atoms with van der Waals surface area (Å²) in [6, 6.07) is 2.80. The van der Waals surface area contributed by atoms with E-state index in [0.717, 1.165) is 40.2 Å². The molecule has 3 aromatic heterocycles. The highest BCUT2D eigenvalue weighted by atomic mass is 35.5. The predicted molar refractivity (Wildman–Crippen MR) is 159 cm³/mol. The molecule has 2 amide bonds. The van der Waals surface area contributed by atoms with Gasteiger partial charge in [-0.25, -0.2) is 14.3 Å². The van der Waals surface area contributed by atoms with Crippen LogP contribution in [0.3, 0.4) is 0 Å². The van der Waals surface area contributed by atoms with E-state index >= 15 is 0 Å². The topological polar surface area (TPSA) is 208 Å². The van der Waals surface area contributed by atoms with E-state index in [0.29, 0.717) is 5.57 Å². The van der Waals surface area contributed by atoms with Gasteiger partial charge in [0.1, 0.15) is 21.4 Å². The lowest BCUT2D eigenvalue weighted by molar-refractivity contribution is -0.687. The Morgan fingerprint density at radius 1 is 1.39 bits per heavy atom. The molecule has 5 N–H and O–H groups in total. The van der Waals surface area contributed by atoms with Gasteiger partial charge in [0.05, 0.1) is 22.6 Å². The quantitative estimate of drug-likeness (QED) is 0.0812. The largest absolute Gasteiger partial charge is 0.543 e. The third kappa shape index (κ3) is 6.08. The summed E-state index contributed by atoms with van der Waals surface area (Å²) in [5.74, 6) is -4.20. The number of halogens is 1. The summed E-state index contributed by atoms with van der Waals surface area (Å²) in [5.41, 5.74) is 6.31. The molecule has 5 heterocycles. The molecule has 2 aliphatic heterocycles. The van der Waals surface area contributed by atoms with Crippen LogP contribution in [0.15, 0.2) is 47.1 Å². The number of fused-ring (bicyclic) bond motifs is 2. The van der Waals surface area contributed by atoms with Gasteiger partial charge in [-0.05, 0) is 20.0 Å². The maximum atomic E-state index is 13.3. The van der Waals surface area contributed by atoms with Gasteiger partial charge >= 0.3 is 5.97 Å². The Morgan fingerprint density at radius 3 is 2.82 bits per heavy atom. The highest BCUT2D eigenvalue weighted by Crippen LogP contribution is 2.40. The number of amides is 2. The number of carboxylic acids is 2. The summed E-state index contributed by atoms with van der Waals surface area (Å²) in [7, 11) is 1.88. The number of nitrogens with one attached hydrogen (secondary N) is 2. The second kappa shape index (κ2) is 12.8. The zero-order valence-corrected chi connectivity index (χ0v) is 25.7.